The molecule has 33 heavy (non-hydrogen) atoms. The maximum Gasteiger partial charge on any atom is 0.162 e. The minimum absolute atomic E-state index is 0.234. The SMILES string of the molecule is COc1cc2ncnc(Nc3ccc(F)c(C)c3)c2cc1OCCCN1CCC2CNCC21. The number of aryl methyl sites for hydroxylation is 1. The zero-order valence-electron chi connectivity index (χ0n) is 19.1. The summed E-state index contributed by atoms with van der Waals surface area (Å²) < 4.78 is 25.4. The van der Waals surface area contributed by atoms with Gasteiger partial charge in [-0.3, -0.25) is 4.90 Å². The predicted octanol–water partition coefficient (Wildman–Crippen LogP) is 3.89. The third-order valence-electron chi connectivity index (χ3n) is 6.75. The molecule has 174 valence electrons. The van der Waals surface area contributed by atoms with Gasteiger partial charge in [0.25, 0.3) is 0 Å². The molecule has 2 aromatic carbocycles. The zero-order valence-corrected chi connectivity index (χ0v) is 19.1. The summed E-state index contributed by atoms with van der Waals surface area (Å²) in [6.07, 6.45) is 3.75. The standard InChI is InChI=1S/C25H30FN5O2/c1-16-10-18(4-5-20(16)26)30-25-19-11-24(23(32-2)12-21(19)28-15-29-25)33-9-3-7-31-8-6-17-13-27-14-22(17)31/h4-5,10-12,15,17,22,27H,3,6-9,13-14H2,1-2H3,(H,28,29,30). The number of ether oxygens (including phenoxy) is 2. The first-order valence-corrected chi connectivity index (χ1v) is 11.6. The van der Waals surface area contributed by atoms with Crippen LogP contribution < -0.4 is 20.1 Å². The van der Waals surface area contributed by atoms with Crippen molar-refractivity contribution in [3.05, 3.63) is 48.0 Å². The minimum atomic E-state index is -0.234. The van der Waals surface area contributed by atoms with Crippen LogP contribution in [0.4, 0.5) is 15.9 Å². The highest BCUT2D eigenvalue weighted by Gasteiger charge is 2.36. The molecule has 2 atom stereocenters. The average Bonchev–Trinajstić information content (AvgIpc) is 3.44. The van der Waals surface area contributed by atoms with Gasteiger partial charge in [0.1, 0.15) is 18.0 Å². The minimum Gasteiger partial charge on any atom is -0.493 e. The van der Waals surface area contributed by atoms with Gasteiger partial charge in [-0.1, -0.05) is 0 Å². The van der Waals surface area contributed by atoms with Crippen LogP contribution in [0.15, 0.2) is 36.7 Å². The van der Waals surface area contributed by atoms with Crippen molar-refractivity contribution in [2.24, 2.45) is 5.92 Å². The lowest BCUT2D eigenvalue weighted by Crippen LogP contribution is -2.35. The largest absolute Gasteiger partial charge is 0.493 e. The van der Waals surface area contributed by atoms with Crippen molar-refractivity contribution in [2.75, 3.05) is 45.2 Å². The molecule has 3 aromatic rings. The predicted molar refractivity (Wildman–Crippen MR) is 127 cm³/mol. The lowest BCUT2D eigenvalue weighted by molar-refractivity contribution is 0.217. The number of rotatable bonds is 8. The quantitative estimate of drug-likeness (QED) is 0.504. The number of hydrogen-bond acceptors (Lipinski definition) is 7. The van der Waals surface area contributed by atoms with Gasteiger partial charge in [0.2, 0.25) is 0 Å². The number of benzene rings is 2. The molecule has 0 aliphatic carbocycles. The van der Waals surface area contributed by atoms with Gasteiger partial charge in [-0.05, 0) is 68.6 Å². The number of nitrogens with one attached hydrogen (secondary N) is 2. The highest BCUT2D eigenvalue weighted by Crippen LogP contribution is 2.35. The molecule has 2 aliphatic rings. The Hall–Kier alpha value is -2.97. The van der Waals surface area contributed by atoms with E-state index in [1.165, 1.54) is 25.4 Å². The maximum atomic E-state index is 13.6. The number of methoxy groups -OCH3 is 1. The molecule has 0 saturated carbocycles. The van der Waals surface area contributed by atoms with Crippen LogP contribution in [0.1, 0.15) is 18.4 Å². The second-order valence-corrected chi connectivity index (χ2v) is 8.84. The van der Waals surface area contributed by atoms with Crippen LogP contribution in [0, 0.1) is 18.7 Å². The third kappa shape index (κ3) is 4.58. The lowest BCUT2D eigenvalue weighted by Gasteiger charge is -2.23. The van der Waals surface area contributed by atoms with E-state index in [0.29, 0.717) is 35.5 Å². The van der Waals surface area contributed by atoms with Crippen LogP contribution in [-0.4, -0.2) is 60.8 Å². The molecule has 7 nitrogen and oxygen atoms in total. The van der Waals surface area contributed by atoms with E-state index in [1.54, 1.807) is 26.2 Å². The fourth-order valence-corrected chi connectivity index (χ4v) is 4.96. The van der Waals surface area contributed by atoms with E-state index < -0.39 is 0 Å². The topological polar surface area (TPSA) is 71.5 Å². The van der Waals surface area contributed by atoms with Gasteiger partial charge in [-0.2, -0.15) is 0 Å². The first-order chi connectivity index (χ1) is 16.1. The molecule has 2 aliphatic heterocycles. The molecule has 0 radical (unpaired) electrons. The van der Waals surface area contributed by atoms with E-state index in [9.17, 15) is 4.39 Å². The summed E-state index contributed by atoms with van der Waals surface area (Å²) in [5, 5.41) is 7.60. The first-order valence-electron chi connectivity index (χ1n) is 11.6. The molecule has 0 spiro atoms. The summed E-state index contributed by atoms with van der Waals surface area (Å²) >= 11 is 0. The Labute approximate surface area is 193 Å². The summed E-state index contributed by atoms with van der Waals surface area (Å²) in [5.74, 6) is 2.52. The Morgan fingerprint density at radius 2 is 2.09 bits per heavy atom. The number of anilines is 2. The molecular weight excluding hydrogens is 421 g/mol. The molecular formula is C25H30FN5O2. The van der Waals surface area contributed by atoms with E-state index in [0.717, 1.165) is 48.6 Å². The Balaban J connectivity index is 1.30. The monoisotopic (exact) mass is 451 g/mol. The summed E-state index contributed by atoms with van der Waals surface area (Å²) in [6.45, 7) is 6.83. The number of aromatic nitrogens is 2. The molecule has 0 amide bonds. The fraction of sp³-hybridized carbons (Fsp3) is 0.440. The van der Waals surface area contributed by atoms with E-state index in [1.807, 2.05) is 12.1 Å². The van der Waals surface area contributed by atoms with Crippen LogP contribution in [0.3, 0.4) is 0 Å². The molecule has 0 bridgehead atoms. The Bertz CT molecular complexity index is 1140. The van der Waals surface area contributed by atoms with Crippen LogP contribution in [0.2, 0.25) is 0 Å². The van der Waals surface area contributed by atoms with Gasteiger partial charge in [0, 0.05) is 36.3 Å². The van der Waals surface area contributed by atoms with Crippen molar-refractivity contribution in [3.63, 3.8) is 0 Å². The van der Waals surface area contributed by atoms with E-state index >= 15 is 0 Å². The Morgan fingerprint density at radius 1 is 1.18 bits per heavy atom. The molecule has 1 aromatic heterocycles. The van der Waals surface area contributed by atoms with Gasteiger partial charge in [0.05, 0.1) is 19.2 Å². The van der Waals surface area contributed by atoms with Crippen molar-refractivity contribution in [2.45, 2.75) is 25.8 Å². The number of likely N-dealkylation sites (tertiary alicyclic amines) is 1. The molecule has 5 rings (SSSR count). The van der Waals surface area contributed by atoms with Crippen molar-refractivity contribution >= 4 is 22.4 Å². The van der Waals surface area contributed by atoms with Gasteiger partial charge in [-0.15, -0.1) is 0 Å². The molecule has 2 N–H and O–H groups in total. The summed E-state index contributed by atoms with van der Waals surface area (Å²) in [5.41, 5.74) is 2.08. The molecule has 2 fully saturated rings. The zero-order chi connectivity index (χ0) is 22.8. The number of hydrogen-bond donors (Lipinski definition) is 2. The van der Waals surface area contributed by atoms with Gasteiger partial charge >= 0.3 is 0 Å². The molecule has 2 unspecified atom stereocenters. The van der Waals surface area contributed by atoms with Crippen molar-refractivity contribution in [1.82, 2.24) is 20.2 Å². The number of fused-ring (bicyclic) bond motifs is 2. The molecule has 3 heterocycles. The summed E-state index contributed by atoms with van der Waals surface area (Å²) in [6, 6.07) is 9.36. The smallest absolute Gasteiger partial charge is 0.162 e. The van der Waals surface area contributed by atoms with Crippen LogP contribution in [0.25, 0.3) is 10.9 Å². The van der Waals surface area contributed by atoms with Crippen molar-refractivity contribution in [1.29, 1.82) is 0 Å². The van der Waals surface area contributed by atoms with Gasteiger partial charge in [-0.25, -0.2) is 14.4 Å². The molecule has 2 saturated heterocycles. The summed E-state index contributed by atoms with van der Waals surface area (Å²) in [4.78, 5) is 11.4. The second kappa shape index (κ2) is 9.49. The van der Waals surface area contributed by atoms with E-state index in [4.69, 9.17) is 9.47 Å². The highest BCUT2D eigenvalue weighted by molar-refractivity contribution is 5.93. The molecule has 8 heteroatoms. The Morgan fingerprint density at radius 3 is 2.94 bits per heavy atom. The lowest BCUT2D eigenvalue weighted by atomic mass is 10.1. The van der Waals surface area contributed by atoms with Gasteiger partial charge < -0.3 is 20.1 Å². The fourth-order valence-electron chi connectivity index (χ4n) is 4.96. The summed E-state index contributed by atoms with van der Waals surface area (Å²) in [7, 11) is 1.63. The normalized spacial score (nSPS) is 20.2. The van der Waals surface area contributed by atoms with E-state index in [2.05, 4.69) is 25.5 Å². The average molecular weight is 452 g/mol. The van der Waals surface area contributed by atoms with Crippen molar-refractivity contribution in [3.8, 4) is 11.5 Å². The first kappa shape index (κ1) is 21.9. The van der Waals surface area contributed by atoms with Crippen LogP contribution in [-0.2, 0) is 0 Å². The number of halogens is 1. The van der Waals surface area contributed by atoms with Crippen molar-refractivity contribution < 1.29 is 13.9 Å². The second-order valence-electron chi connectivity index (χ2n) is 8.84. The van der Waals surface area contributed by atoms with Crippen LogP contribution in [0.5, 0.6) is 11.5 Å². The maximum absolute atomic E-state index is 13.6. The third-order valence-corrected chi connectivity index (χ3v) is 6.75. The van der Waals surface area contributed by atoms with E-state index in [-0.39, 0.29) is 5.82 Å². The van der Waals surface area contributed by atoms with Crippen LogP contribution >= 0.6 is 0 Å². The Kier molecular flexibility index (Phi) is 6.28. The number of nitrogens with zero attached hydrogens (tertiary/aromatic N) is 3. The highest BCUT2D eigenvalue weighted by atomic mass is 19.1. The van der Waals surface area contributed by atoms with Gasteiger partial charge in [0.15, 0.2) is 11.5 Å².